The molecule has 0 spiro atoms. The Bertz CT molecular complexity index is 2940. The van der Waals surface area contributed by atoms with Crippen molar-refractivity contribution in [3.63, 3.8) is 0 Å². The molecule has 0 fully saturated rings. The predicted molar refractivity (Wildman–Crippen MR) is 242 cm³/mol. The fraction of sp³-hybridized carbons (Fsp3) is 0. The molecular formula is C50H28S4. The Morgan fingerprint density at radius 3 is 0.648 bits per heavy atom. The van der Waals surface area contributed by atoms with Gasteiger partial charge < -0.3 is 0 Å². The monoisotopic (exact) mass is 756 g/mol. The summed E-state index contributed by atoms with van der Waals surface area (Å²) in [5.74, 6) is 0. The van der Waals surface area contributed by atoms with Crippen LogP contribution in [0, 0.1) is 0 Å². The molecule has 0 atom stereocenters. The zero-order valence-electron chi connectivity index (χ0n) is 28.8. The Morgan fingerprint density at radius 2 is 0.426 bits per heavy atom. The van der Waals surface area contributed by atoms with Crippen LogP contribution in [0.1, 0.15) is 0 Å². The molecule has 12 rings (SSSR count). The van der Waals surface area contributed by atoms with E-state index in [9.17, 15) is 0 Å². The molecule has 252 valence electrons. The van der Waals surface area contributed by atoms with Crippen LogP contribution in [0.2, 0.25) is 0 Å². The first-order valence-electron chi connectivity index (χ1n) is 18.1. The normalized spacial score (nSPS) is 12.1. The average molecular weight is 757 g/mol. The maximum atomic E-state index is 2.49. The number of fused-ring (bicyclic) bond motifs is 13. The average Bonchev–Trinajstić information content (AvgIpc) is 4.06. The van der Waals surface area contributed by atoms with Gasteiger partial charge in [0, 0.05) is 81.4 Å². The Balaban J connectivity index is 1.19. The van der Waals surface area contributed by atoms with Gasteiger partial charge in [0.05, 0.1) is 0 Å². The van der Waals surface area contributed by atoms with Gasteiger partial charge in [-0.3, -0.25) is 0 Å². The number of hydrogen-bond acceptors (Lipinski definition) is 4. The maximum absolute atomic E-state index is 2.49. The van der Waals surface area contributed by atoms with Crippen LogP contribution in [0.4, 0.5) is 0 Å². The van der Waals surface area contributed by atoms with E-state index in [4.69, 9.17) is 0 Å². The molecule has 0 saturated heterocycles. The summed E-state index contributed by atoms with van der Waals surface area (Å²) in [4.78, 5) is 5.25. The molecule has 0 bridgehead atoms. The summed E-state index contributed by atoms with van der Waals surface area (Å²) >= 11 is 7.71. The molecule has 54 heavy (non-hydrogen) atoms. The Kier molecular flexibility index (Phi) is 6.81. The van der Waals surface area contributed by atoms with E-state index in [1.807, 2.05) is 45.3 Å². The fourth-order valence-corrected chi connectivity index (χ4v) is 13.1. The van der Waals surface area contributed by atoms with Crippen LogP contribution in [-0.4, -0.2) is 0 Å². The summed E-state index contributed by atoms with van der Waals surface area (Å²) in [7, 11) is 0. The molecule has 0 nitrogen and oxygen atoms in total. The molecule has 4 heteroatoms. The lowest BCUT2D eigenvalue weighted by atomic mass is 9.96. The third-order valence-corrected chi connectivity index (χ3v) is 15.7. The maximum Gasteiger partial charge on any atom is 0.0435 e. The Morgan fingerprint density at radius 1 is 0.222 bits per heavy atom. The summed E-state index contributed by atoms with van der Waals surface area (Å²) in [6, 6.07) is 63.1. The highest BCUT2D eigenvalue weighted by atomic mass is 32.1. The predicted octanol–water partition coefficient (Wildman–Crippen LogP) is 16.7. The van der Waals surface area contributed by atoms with Crippen LogP contribution >= 0.6 is 45.3 Å². The highest BCUT2D eigenvalue weighted by molar-refractivity contribution is 7.26. The largest absolute Gasteiger partial charge is 0.135 e. The van der Waals surface area contributed by atoms with Gasteiger partial charge >= 0.3 is 0 Å². The Hall–Kier alpha value is -5.62. The molecule has 0 N–H and O–H groups in total. The molecule has 8 aromatic carbocycles. The summed E-state index contributed by atoms with van der Waals surface area (Å²) < 4.78 is 5.46. The second-order valence-electron chi connectivity index (χ2n) is 14.0. The van der Waals surface area contributed by atoms with Crippen LogP contribution in [0.25, 0.3) is 114 Å². The molecule has 0 amide bonds. The van der Waals surface area contributed by atoms with Gasteiger partial charge in [0.15, 0.2) is 0 Å². The molecule has 0 aliphatic carbocycles. The zero-order chi connectivity index (χ0) is 35.3. The standard InChI is InChI=1S/C50H28S4/c1-5-13-29(14-6-1)43-25-39-40-26-44(30-15-7-2-8-16-30)52-48(40)36-22-34-24-38-37(23-33(34)21-35(36)47(39)51-43)49-41(27-45(53-49)31-17-9-3-10-18-31)42-28-46(54-50(38)42)32-19-11-4-12-20-32/h1-28H. The molecular weight excluding hydrogens is 729 g/mol. The fourth-order valence-electron chi connectivity index (χ4n) is 8.24. The van der Waals surface area contributed by atoms with Gasteiger partial charge in [-0.1, -0.05) is 121 Å². The van der Waals surface area contributed by atoms with Crippen molar-refractivity contribution in [2.45, 2.75) is 0 Å². The topological polar surface area (TPSA) is 0 Å². The van der Waals surface area contributed by atoms with Crippen molar-refractivity contribution in [1.82, 2.24) is 0 Å². The van der Waals surface area contributed by atoms with Crippen molar-refractivity contribution in [1.29, 1.82) is 0 Å². The third kappa shape index (κ3) is 4.71. The van der Waals surface area contributed by atoms with Gasteiger partial charge in [-0.05, 0) is 81.6 Å². The third-order valence-electron chi connectivity index (χ3n) is 10.8. The first kappa shape index (κ1) is 30.8. The summed E-state index contributed by atoms with van der Waals surface area (Å²) in [5.41, 5.74) is 5.09. The van der Waals surface area contributed by atoms with Crippen LogP contribution in [0.15, 0.2) is 170 Å². The van der Waals surface area contributed by atoms with E-state index in [0.717, 1.165) is 0 Å². The van der Waals surface area contributed by atoms with Crippen LogP contribution in [0.5, 0.6) is 0 Å². The van der Waals surface area contributed by atoms with Crippen molar-refractivity contribution in [3.8, 4) is 41.8 Å². The van der Waals surface area contributed by atoms with E-state index < -0.39 is 0 Å². The van der Waals surface area contributed by atoms with E-state index in [1.54, 1.807) is 0 Å². The molecule has 0 radical (unpaired) electrons. The second kappa shape index (κ2) is 11.9. The van der Waals surface area contributed by atoms with Gasteiger partial charge in [0.2, 0.25) is 0 Å². The van der Waals surface area contributed by atoms with Gasteiger partial charge in [-0.2, -0.15) is 0 Å². The first-order chi connectivity index (χ1) is 26.7. The first-order valence-corrected chi connectivity index (χ1v) is 21.4. The van der Waals surface area contributed by atoms with E-state index >= 15 is 0 Å². The highest BCUT2D eigenvalue weighted by Gasteiger charge is 2.20. The van der Waals surface area contributed by atoms with Crippen LogP contribution < -0.4 is 0 Å². The summed E-state index contributed by atoms with van der Waals surface area (Å²) in [6.45, 7) is 0. The smallest absolute Gasteiger partial charge is 0.0435 e. The highest BCUT2D eigenvalue weighted by Crippen LogP contribution is 2.51. The second-order valence-corrected chi connectivity index (χ2v) is 18.2. The lowest BCUT2D eigenvalue weighted by molar-refractivity contribution is 1.70. The molecule has 0 saturated carbocycles. The van der Waals surface area contributed by atoms with Gasteiger partial charge in [0.1, 0.15) is 0 Å². The quantitative estimate of drug-likeness (QED) is 0.157. The molecule has 12 aromatic rings. The van der Waals surface area contributed by atoms with Crippen molar-refractivity contribution >= 4 is 118 Å². The van der Waals surface area contributed by atoms with Crippen molar-refractivity contribution in [3.05, 3.63) is 170 Å². The zero-order valence-corrected chi connectivity index (χ0v) is 32.1. The lowest BCUT2D eigenvalue weighted by Crippen LogP contribution is -1.81. The van der Waals surface area contributed by atoms with E-state index in [-0.39, 0.29) is 0 Å². The molecule has 4 aromatic heterocycles. The summed E-state index contributed by atoms with van der Waals surface area (Å²) in [6.07, 6.45) is 0. The van der Waals surface area contributed by atoms with Gasteiger partial charge in [-0.25, -0.2) is 0 Å². The number of thiophene rings is 4. The number of hydrogen-bond donors (Lipinski definition) is 0. The van der Waals surface area contributed by atoms with Crippen molar-refractivity contribution in [2.24, 2.45) is 0 Å². The minimum absolute atomic E-state index is 1.27. The van der Waals surface area contributed by atoms with E-state index in [0.29, 0.717) is 0 Å². The van der Waals surface area contributed by atoms with E-state index in [2.05, 4.69) is 170 Å². The van der Waals surface area contributed by atoms with Crippen LogP contribution in [-0.2, 0) is 0 Å². The SMILES string of the molecule is c1ccc(-c2cc3c4cc(-c5ccccc5)sc4c4cc5cc6c(cc5cc4c3s2)c2sc(-c3ccccc3)cc2c2cc(-c3ccccc3)sc26)cc1. The Labute approximate surface area is 327 Å². The van der Waals surface area contributed by atoms with Gasteiger partial charge in [-0.15, -0.1) is 45.3 Å². The lowest BCUT2D eigenvalue weighted by Gasteiger charge is -2.09. The minimum atomic E-state index is 1.27. The van der Waals surface area contributed by atoms with Gasteiger partial charge in [0.25, 0.3) is 0 Å². The van der Waals surface area contributed by atoms with E-state index in [1.165, 1.54) is 114 Å². The molecule has 0 aliphatic heterocycles. The molecule has 0 aliphatic rings. The van der Waals surface area contributed by atoms with Crippen molar-refractivity contribution in [2.75, 3.05) is 0 Å². The summed E-state index contributed by atoms with van der Waals surface area (Å²) in [5, 5.41) is 13.3. The van der Waals surface area contributed by atoms with Crippen molar-refractivity contribution < 1.29 is 0 Å². The molecule has 0 unspecified atom stereocenters. The van der Waals surface area contributed by atoms with Crippen LogP contribution in [0.3, 0.4) is 0 Å². The number of benzene rings is 8. The minimum Gasteiger partial charge on any atom is -0.135 e. The molecule has 4 heterocycles. The number of rotatable bonds is 4.